The topological polar surface area (TPSA) is 78.3 Å². The molecule has 166 valence electrons. The number of nitrogens with zero attached hydrogens (tertiary/aromatic N) is 3. The van der Waals surface area contributed by atoms with E-state index in [1.54, 1.807) is 22.5 Å². The number of nitrogens with one attached hydrogen (secondary N) is 1. The van der Waals surface area contributed by atoms with Crippen LogP contribution in [0.5, 0.6) is 5.75 Å². The number of hydrogen-bond acceptors (Lipinski definition) is 7. The summed E-state index contributed by atoms with van der Waals surface area (Å²) in [6.45, 7) is 11.8. The van der Waals surface area contributed by atoms with Gasteiger partial charge in [-0.2, -0.15) is 4.98 Å². The van der Waals surface area contributed by atoms with E-state index >= 15 is 0 Å². The largest absolute Gasteiger partial charge is 0.491 e. The van der Waals surface area contributed by atoms with Crippen LogP contribution in [0.4, 0.5) is 5.95 Å². The number of aromatic nitrogens is 3. The number of esters is 1. The number of thioether (sulfide) groups is 1. The van der Waals surface area contributed by atoms with Crippen LogP contribution >= 0.6 is 11.8 Å². The van der Waals surface area contributed by atoms with E-state index in [1.807, 2.05) is 45.0 Å². The Kier molecular flexibility index (Phi) is 7.79. The van der Waals surface area contributed by atoms with Crippen LogP contribution in [0.1, 0.15) is 52.1 Å². The molecule has 0 amide bonds. The Morgan fingerprint density at radius 2 is 2.10 bits per heavy atom. The molecule has 31 heavy (non-hydrogen) atoms. The first-order valence-corrected chi connectivity index (χ1v) is 11.5. The Morgan fingerprint density at radius 3 is 2.74 bits per heavy atom. The van der Waals surface area contributed by atoms with Gasteiger partial charge in [0.05, 0.1) is 11.7 Å². The lowest BCUT2D eigenvalue weighted by atomic mass is 9.96. The van der Waals surface area contributed by atoms with Gasteiger partial charge in [0.25, 0.3) is 0 Å². The van der Waals surface area contributed by atoms with Gasteiger partial charge in [0.2, 0.25) is 11.1 Å². The number of hydrogen-bond donors (Lipinski definition) is 1. The van der Waals surface area contributed by atoms with Crippen molar-refractivity contribution in [2.24, 2.45) is 0 Å². The molecule has 3 rings (SSSR count). The van der Waals surface area contributed by atoms with Crippen molar-refractivity contribution in [2.75, 3.05) is 17.7 Å². The summed E-state index contributed by atoms with van der Waals surface area (Å²) in [7, 11) is 0. The van der Waals surface area contributed by atoms with Crippen molar-refractivity contribution < 1.29 is 14.3 Å². The zero-order valence-electron chi connectivity index (χ0n) is 18.6. The molecule has 0 spiro atoms. The monoisotopic (exact) mass is 442 g/mol. The maximum absolute atomic E-state index is 12.9. The number of fused-ring (bicyclic) bond motifs is 1. The molecule has 1 aromatic carbocycles. The second-order valence-electron chi connectivity index (χ2n) is 7.55. The summed E-state index contributed by atoms with van der Waals surface area (Å²) in [5.74, 6) is 1.94. The summed E-state index contributed by atoms with van der Waals surface area (Å²) < 4.78 is 12.9. The summed E-state index contributed by atoms with van der Waals surface area (Å²) in [5.41, 5.74) is 2.10. The maximum Gasteiger partial charge on any atom is 0.338 e. The molecule has 1 atom stereocenters. The number of anilines is 1. The lowest BCUT2D eigenvalue weighted by Gasteiger charge is -2.28. The van der Waals surface area contributed by atoms with Gasteiger partial charge in [-0.25, -0.2) is 9.48 Å². The third-order valence-electron chi connectivity index (χ3n) is 4.68. The van der Waals surface area contributed by atoms with Gasteiger partial charge < -0.3 is 14.8 Å². The Morgan fingerprint density at radius 1 is 1.35 bits per heavy atom. The molecule has 2 aromatic rings. The normalized spacial score (nSPS) is 15.5. The zero-order chi connectivity index (χ0) is 22.4. The first-order valence-electron chi connectivity index (χ1n) is 10.6. The number of allylic oxidation sites excluding steroid dienone is 1. The Bertz CT molecular complexity index is 950. The van der Waals surface area contributed by atoms with Gasteiger partial charge in [0, 0.05) is 11.4 Å². The Labute approximate surface area is 187 Å². The highest BCUT2D eigenvalue weighted by Gasteiger charge is 2.35. The third kappa shape index (κ3) is 5.50. The van der Waals surface area contributed by atoms with Crippen LogP contribution in [0.25, 0.3) is 0 Å². The first kappa shape index (κ1) is 22.9. The molecule has 0 saturated carbocycles. The lowest BCUT2D eigenvalue weighted by Crippen LogP contribution is -2.29. The molecule has 1 aromatic heterocycles. The SMILES string of the molecule is C=CCOC(=O)C1=C(C)Nc2nc(SCCCC)nn2C1c1ccc(OC(C)C)cc1. The minimum absolute atomic E-state index is 0.0842. The summed E-state index contributed by atoms with van der Waals surface area (Å²) >= 11 is 1.62. The molecule has 0 radical (unpaired) electrons. The summed E-state index contributed by atoms with van der Waals surface area (Å²) in [6, 6.07) is 7.28. The van der Waals surface area contributed by atoms with Gasteiger partial charge in [-0.1, -0.05) is 49.9 Å². The second-order valence-corrected chi connectivity index (χ2v) is 8.62. The third-order valence-corrected chi connectivity index (χ3v) is 5.61. The highest BCUT2D eigenvalue weighted by molar-refractivity contribution is 7.99. The van der Waals surface area contributed by atoms with Crippen LogP contribution in [0.15, 0.2) is 53.3 Å². The first-order chi connectivity index (χ1) is 14.9. The van der Waals surface area contributed by atoms with Crippen molar-refractivity contribution in [1.82, 2.24) is 14.8 Å². The number of carbonyl (C=O) groups is 1. The zero-order valence-corrected chi connectivity index (χ0v) is 19.4. The van der Waals surface area contributed by atoms with Crippen LogP contribution in [-0.2, 0) is 9.53 Å². The quantitative estimate of drug-likeness (QED) is 0.241. The molecule has 0 fully saturated rings. The van der Waals surface area contributed by atoms with Crippen molar-refractivity contribution in [3.8, 4) is 5.75 Å². The number of unbranched alkanes of at least 4 members (excludes halogenated alkanes) is 1. The van der Waals surface area contributed by atoms with Gasteiger partial charge in [0.15, 0.2) is 0 Å². The molecule has 0 saturated heterocycles. The van der Waals surface area contributed by atoms with Crippen molar-refractivity contribution in [2.45, 2.75) is 57.8 Å². The lowest BCUT2D eigenvalue weighted by molar-refractivity contribution is -0.138. The van der Waals surface area contributed by atoms with Crippen LogP contribution in [-0.4, -0.2) is 39.2 Å². The minimum atomic E-state index is -0.449. The fraction of sp³-hybridized carbons (Fsp3) is 0.435. The van der Waals surface area contributed by atoms with E-state index < -0.39 is 12.0 Å². The minimum Gasteiger partial charge on any atom is -0.491 e. The molecule has 8 heteroatoms. The fourth-order valence-corrected chi connectivity index (χ4v) is 4.20. The highest BCUT2D eigenvalue weighted by atomic mass is 32.2. The molecule has 0 bridgehead atoms. The highest BCUT2D eigenvalue weighted by Crippen LogP contribution is 2.37. The molecule has 1 aliphatic rings. The maximum atomic E-state index is 12.9. The smallest absolute Gasteiger partial charge is 0.338 e. The van der Waals surface area contributed by atoms with Crippen molar-refractivity contribution >= 4 is 23.7 Å². The standard InChI is InChI=1S/C23H30N4O3S/c1-6-8-14-31-23-25-22-24-16(5)19(21(28)29-13-7-2)20(27(22)26-23)17-9-11-18(12-10-17)30-15(3)4/h7,9-12,15,20H,2,6,8,13-14H2,1,3-5H3,(H,24,25,26). The fourth-order valence-electron chi connectivity index (χ4n) is 3.29. The predicted molar refractivity (Wildman–Crippen MR) is 123 cm³/mol. The molecule has 0 aliphatic carbocycles. The van der Waals surface area contributed by atoms with E-state index in [4.69, 9.17) is 14.6 Å². The summed E-state index contributed by atoms with van der Waals surface area (Å²) in [5, 5.41) is 8.62. The molecule has 1 N–H and O–H groups in total. The van der Waals surface area contributed by atoms with E-state index in [2.05, 4.69) is 23.8 Å². The van der Waals surface area contributed by atoms with Crippen LogP contribution in [0.2, 0.25) is 0 Å². The van der Waals surface area contributed by atoms with E-state index in [0.717, 1.165) is 29.9 Å². The second kappa shape index (κ2) is 10.5. The molecular formula is C23H30N4O3S. The van der Waals surface area contributed by atoms with Gasteiger partial charge in [-0.05, 0) is 44.9 Å². The van der Waals surface area contributed by atoms with Crippen molar-refractivity contribution in [3.05, 3.63) is 53.8 Å². The molecule has 1 unspecified atom stereocenters. The number of rotatable bonds is 10. The van der Waals surface area contributed by atoms with E-state index in [0.29, 0.717) is 22.4 Å². The number of carbonyl (C=O) groups excluding carboxylic acids is 1. The van der Waals surface area contributed by atoms with Crippen LogP contribution in [0, 0.1) is 0 Å². The van der Waals surface area contributed by atoms with Crippen LogP contribution in [0.3, 0.4) is 0 Å². The van der Waals surface area contributed by atoms with Gasteiger partial charge in [-0.15, -0.1) is 5.10 Å². The van der Waals surface area contributed by atoms with Gasteiger partial charge >= 0.3 is 5.97 Å². The predicted octanol–water partition coefficient (Wildman–Crippen LogP) is 4.98. The van der Waals surface area contributed by atoms with E-state index in [-0.39, 0.29) is 12.7 Å². The average molecular weight is 443 g/mol. The summed E-state index contributed by atoms with van der Waals surface area (Å²) in [6.07, 6.45) is 3.85. The van der Waals surface area contributed by atoms with E-state index in [9.17, 15) is 4.79 Å². The average Bonchev–Trinajstić information content (AvgIpc) is 3.13. The van der Waals surface area contributed by atoms with Gasteiger partial charge in [-0.3, -0.25) is 0 Å². The molecule has 1 aliphatic heterocycles. The molecular weight excluding hydrogens is 412 g/mol. The Balaban J connectivity index is 1.99. The van der Waals surface area contributed by atoms with Crippen molar-refractivity contribution in [1.29, 1.82) is 0 Å². The number of benzene rings is 1. The van der Waals surface area contributed by atoms with Crippen molar-refractivity contribution in [3.63, 3.8) is 0 Å². The van der Waals surface area contributed by atoms with Crippen LogP contribution < -0.4 is 10.1 Å². The molecule has 7 nitrogen and oxygen atoms in total. The summed E-state index contributed by atoms with van der Waals surface area (Å²) in [4.78, 5) is 17.6. The molecule has 2 heterocycles. The van der Waals surface area contributed by atoms with Gasteiger partial charge in [0.1, 0.15) is 18.4 Å². The Hall–Kier alpha value is -2.74. The number of ether oxygens (including phenoxy) is 2. The van der Waals surface area contributed by atoms with E-state index in [1.165, 1.54) is 0 Å².